The van der Waals surface area contributed by atoms with Gasteiger partial charge in [0.05, 0.1) is 6.10 Å². The lowest BCUT2D eigenvalue weighted by Gasteiger charge is -2.27. The van der Waals surface area contributed by atoms with E-state index in [1.165, 1.54) is 12.1 Å². The molecule has 0 aromatic heterocycles. The molecule has 2 atom stereocenters. The molecular formula is C11H14FNO. The first-order valence-electron chi connectivity index (χ1n) is 4.88. The third kappa shape index (κ3) is 2.11. The molecule has 3 heteroatoms. The highest BCUT2D eigenvalue weighted by atomic mass is 19.1. The summed E-state index contributed by atoms with van der Waals surface area (Å²) in [5.74, 6) is -0.214. The zero-order valence-corrected chi connectivity index (χ0v) is 7.95. The molecule has 1 saturated heterocycles. The van der Waals surface area contributed by atoms with Crippen LogP contribution in [0.25, 0.3) is 0 Å². The van der Waals surface area contributed by atoms with Crippen molar-refractivity contribution in [3.63, 3.8) is 0 Å². The Balaban J connectivity index is 2.10. The maximum atomic E-state index is 12.7. The van der Waals surface area contributed by atoms with E-state index >= 15 is 0 Å². The van der Waals surface area contributed by atoms with Crippen molar-refractivity contribution in [2.45, 2.75) is 25.0 Å². The molecule has 76 valence electrons. The molecule has 0 spiro atoms. The Morgan fingerprint density at radius 2 is 2.00 bits per heavy atom. The molecule has 1 aromatic carbocycles. The van der Waals surface area contributed by atoms with E-state index in [-0.39, 0.29) is 18.0 Å². The van der Waals surface area contributed by atoms with Crippen molar-refractivity contribution in [2.75, 3.05) is 6.61 Å². The molecule has 1 aliphatic rings. The second-order valence-electron chi connectivity index (χ2n) is 3.70. The van der Waals surface area contributed by atoms with Crippen LogP contribution in [0, 0.1) is 5.82 Å². The van der Waals surface area contributed by atoms with Gasteiger partial charge in [0.2, 0.25) is 0 Å². The Kier molecular flexibility index (Phi) is 2.79. The van der Waals surface area contributed by atoms with Crippen molar-refractivity contribution >= 4 is 0 Å². The fourth-order valence-corrected chi connectivity index (χ4v) is 1.73. The van der Waals surface area contributed by atoms with Crippen LogP contribution in [0.2, 0.25) is 0 Å². The Morgan fingerprint density at radius 1 is 1.29 bits per heavy atom. The molecule has 0 amide bonds. The predicted molar refractivity (Wildman–Crippen MR) is 52.3 cm³/mol. The number of hydrogen-bond donors (Lipinski definition) is 1. The molecule has 2 unspecified atom stereocenters. The highest BCUT2D eigenvalue weighted by Crippen LogP contribution is 2.27. The summed E-state index contributed by atoms with van der Waals surface area (Å²) in [6.45, 7) is 0.698. The fourth-order valence-electron chi connectivity index (χ4n) is 1.73. The van der Waals surface area contributed by atoms with Gasteiger partial charge in [0.25, 0.3) is 0 Å². The molecule has 1 aromatic rings. The molecule has 0 bridgehead atoms. The molecule has 1 fully saturated rings. The second-order valence-corrected chi connectivity index (χ2v) is 3.70. The second kappa shape index (κ2) is 4.07. The lowest BCUT2D eigenvalue weighted by molar-refractivity contribution is 0.00664. The average molecular weight is 195 g/mol. The third-order valence-electron chi connectivity index (χ3n) is 2.57. The number of halogens is 1. The van der Waals surface area contributed by atoms with Gasteiger partial charge >= 0.3 is 0 Å². The number of nitrogens with two attached hydrogens (primary N) is 1. The van der Waals surface area contributed by atoms with E-state index in [2.05, 4.69) is 0 Å². The van der Waals surface area contributed by atoms with Gasteiger partial charge in [-0.25, -0.2) is 4.39 Å². The summed E-state index contributed by atoms with van der Waals surface area (Å²) < 4.78 is 18.2. The van der Waals surface area contributed by atoms with Crippen LogP contribution in [0.4, 0.5) is 4.39 Å². The molecule has 14 heavy (non-hydrogen) atoms. The van der Waals surface area contributed by atoms with E-state index in [0.717, 1.165) is 18.4 Å². The monoisotopic (exact) mass is 195 g/mol. The van der Waals surface area contributed by atoms with E-state index in [4.69, 9.17) is 10.5 Å². The molecule has 0 aliphatic carbocycles. The minimum Gasteiger partial charge on any atom is -0.373 e. The van der Waals surface area contributed by atoms with Gasteiger partial charge in [-0.05, 0) is 30.5 Å². The van der Waals surface area contributed by atoms with Gasteiger partial charge in [0, 0.05) is 12.6 Å². The number of rotatable bonds is 1. The van der Waals surface area contributed by atoms with Crippen molar-refractivity contribution < 1.29 is 9.13 Å². The van der Waals surface area contributed by atoms with E-state index < -0.39 is 0 Å². The lowest BCUT2D eigenvalue weighted by atomic mass is 9.98. The maximum Gasteiger partial charge on any atom is 0.123 e. The maximum absolute atomic E-state index is 12.7. The van der Waals surface area contributed by atoms with E-state index in [0.29, 0.717) is 6.61 Å². The topological polar surface area (TPSA) is 35.2 Å². The van der Waals surface area contributed by atoms with Crippen LogP contribution < -0.4 is 5.73 Å². The van der Waals surface area contributed by atoms with Gasteiger partial charge in [-0.1, -0.05) is 12.1 Å². The zero-order chi connectivity index (χ0) is 9.97. The van der Waals surface area contributed by atoms with Crippen LogP contribution in [-0.2, 0) is 4.74 Å². The Bertz CT molecular complexity index is 299. The normalized spacial score (nSPS) is 27.6. The number of ether oxygens (including phenoxy) is 1. The van der Waals surface area contributed by atoms with Gasteiger partial charge in [-0.3, -0.25) is 0 Å². The van der Waals surface area contributed by atoms with E-state index in [1.54, 1.807) is 12.1 Å². The van der Waals surface area contributed by atoms with Gasteiger partial charge < -0.3 is 10.5 Å². The summed E-state index contributed by atoms with van der Waals surface area (Å²) in [4.78, 5) is 0. The fraction of sp³-hybridized carbons (Fsp3) is 0.455. The first-order chi connectivity index (χ1) is 6.75. The molecule has 0 radical (unpaired) electrons. The van der Waals surface area contributed by atoms with Crippen LogP contribution in [0.3, 0.4) is 0 Å². The Labute approximate surface area is 82.9 Å². The molecular weight excluding hydrogens is 181 g/mol. The molecule has 0 saturated carbocycles. The van der Waals surface area contributed by atoms with E-state index in [9.17, 15) is 4.39 Å². The molecule has 1 heterocycles. The summed E-state index contributed by atoms with van der Waals surface area (Å²) in [5.41, 5.74) is 6.85. The molecule has 2 N–H and O–H groups in total. The van der Waals surface area contributed by atoms with Crippen molar-refractivity contribution in [1.82, 2.24) is 0 Å². The van der Waals surface area contributed by atoms with Crippen molar-refractivity contribution in [2.24, 2.45) is 5.73 Å². The van der Waals surface area contributed by atoms with Gasteiger partial charge in [0.15, 0.2) is 0 Å². The van der Waals surface area contributed by atoms with Gasteiger partial charge in [0.1, 0.15) is 5.82 Å². The summed E-state index contributed by atoms with van der Waals surface area (Å²) in [6.07, 6.45) is 1.78. The zero-order valence-electron chi connectivity index (χ0n) is 7.95. The first kappa shape index (κ1) is 9.62. The van der Waals surface area contributed by atoms with Crippen LogP contribution in [-0.4, -0.2) is 12.6 Å². The average Bonchev–Trinajstić information content (AvgIpc) is 2.19. The smallest absolute Gasteiger partial charge is 0.123 e. The third-order valence-corrected chi connectivity index (χ3v) is 2.57. The minimum absolute atomic E-state index is 0.0411. The standard InChI is InChI=1S/C11H14FNO/c12-9-3-1-8(2-4-9)11-7-10(13)5-6-14-11/h1-4,10-11H,5-7,13H2. The summed E-state index contributed by atoms with van der Waals surface area (Å²) >= 11 is 0. The molecule has 1 aliphatic heterocycles. The Morgan fingerprint density at radius 3 is 2.64 bits per heavy atom. The summed E-state index contributed by atoms with van der Waals surface area (Å²) in [7, 11) is 0. The van der Waals surface area contributed by atoms with Gasteiger partial charge in [-0.2, -0.15) is 0 Å². The van der Waals surface area contributed by atoms with Crippen LogP contribution >= 0.6 is 0 Å². The lowest BCUT2D eigenvalue weighted by Crippen LogP contribution is -2.30. The van der Waals surface area contributed by atoms with E-state index in [1.807, 2.05) is 0 Å². The highest BCUT2D eigenvalue weighted by molar-refractivity contribution is 5.19. The van der Waals surface area contributed by atoms with Crippen molar-refractivity contribution in [3.05, 3.63) is 35.6 Å². The number of hydrogen-bond acceptors (Lipinski definition) is 2. The SMILES string of the molecule is NC1CCOC(c2ccc(F)cc2)C1. The first-order valence-corrected chi connectivity index (χ1v) is 4.88. The molecule has 2 nitrogen and oxygen atoms in total. The highest BCUT2D eigenvalue weighted by Gasteiger charge is 2.20. The summed E-state index contributed by atoms with van der Waals surface area (Å²) in [6, 6.07) is 6.65. The Hall–Kier alpha value is -0.930. The quantitative estimate of drug-likeness (QED) is 0.744. The van der Waals surface area contributed by atoms with Crippen LogP contribution in [0.5, 0.6) is 0 Å². The molecule has 2 rings (SSSR count). The van der Waals surface area contributed by atoms with Crippen molar-refractivity contribution in [1.29, 1.82) is 0 Å². The van der Waals surface area contributed by atoms with Crippen LogP contribution in [0.15, 0.2) is 24.3 Å². The predicted octanol–water partition coefficient (Wildman–Crippen LogP) is 2.00. The summed E-state index contributed by atoms with van der Waals surface area (Å²) in [5, 5.41) is 0. The van der Waals surface area contributed by atoms with Crippen molar-refractivity contribution in [3.8, 4) is 0 Å². The van der Waals surface area contributed by atoms with Gasteiger partial charge in [-0.15, -0.1) is 0 Å². The number of benzene rings is 1. The van der Waals surface area contributed by atoms with Crippen LogP contribution in [0.1, 0.15) is 24.5 Å². The minimum atomic E-state index is -0.214. The largest absolute Gasteiger partial charge is 0.373 e.